The average molecular weight is 308 g/mol. The molecule has 1 aromatic carbocycles. The second-order valence-corrected chi connectivity index (χ2v) is 5.39. The van der Waals surface area contributed by atoms with Gasteiger partial charge >= 0.3 is 6.03 Å². The van der Waals surface area contributed by atoms with E-state index in [-0.39, 0.29) is 6.03 Å². The molecule has 0 aliphatic carbocycles. The van der Waals surface area contributed by atoms with Gasteiger partial charge in [0.15, 0.2) is 0 Å². The van der Waals surface area contributed by atoms with Crippen LogP contribution in [0.5, 0.6) is 0 Å². The average Bonchev–Trinajstić information content (AvgIpc) is 3.23. The standard InChI is InChI=1S/C18H20N4O/c1-3-16-15(13-14-9-6-5-7-10-14)17(4-2)22(20-16)18(23)21-12-8-11-19-21/h5-12H,3-4,13H2,1-2H3. The van der Waals surface area contributed by atoms with Crippen molar-refractivity contribution in [3.8, 4) is 0 Å². The van der Waals surface area contributed by atoms with Crippen LogP contribution >= 0.6 is 0 Å². The topological polar surface area (TPSA) is 52.7 Å². The number of aryl methyl sites for hydroxylation is 1. The van der Waals surface area contributed by atoms with Crippen LogP contribution in [-0.4, -0.2) is 25.6 Å². The number of hydrogen-bond donors (Lipinski definition) is 0. The van der Waals surface area contributed by atoms with Crippen LogP contribution in [0.4, 0.5) is 4.79 Å². The molecule has 0 bridgehead atoms. The van der Waals surface area contributed by atoms with Crippen LogP contribution in [0.1, 0.15) is 36.4 Å². The first-order valence-electron chi connectivity index (χ1n) is 7.92. The third-order valence-corrected chi connectivity index (χ3v) is 3.95. The zero-order chi connectivity index (χ0) is 16.2. The molecule has 0 unspecified atom stereocenters. The first kappa shape index (κ1) is 15.2. The van der Waals surface area contributed by atoms with E-state index in [1.54, 1.807) is 18.5 Å². The van der Waals surface area contributed by atoms with E-state index in [9.17, 15) is 4.79 Å². The summed E-state index contributed by atoms with van der Waals surface area (Å²) in [7, 11) is 0. The lowest BCUT2D eigenvalue weighted by atomic mass is 10.0. The molecule has 23 heavy (non-hydrogen) atoms. The Morgan fingerprint density at radius 3 is 2.48 bits per heavy atom. The van der Waals surface area contributed by atoms with Gasteiger partial charge in [0, 0.05) is 24.4 Å². The van der Waals surface area contributed by atoms with E-state index in [1.807, 2.05) is 18.2 Å². The van der Waals surface area contributed by atoms with Crippen LogP contribution in [-0.2, 0) is 19.3 Å². The SMILES string of the molecule is CCc1nn(C(=O)n2cccn2)c(CC)c1Cc1ccccc1. The summed E-state index contributed by atoms with van der Waals surface area (Å²) in [5.41, 5.74) is 4.32. The molecule has 5 nitrogen and oxygen atoms in total. The van der Waals surface area contributed by atoms with Crippen molar-refractivity contribution in [3.63, 3.8) is 0 Å². The smallest absolute Gasteiger partial charge is 0.244 e. The van der Waals surface area contributed by atoms with Gasteiger partial charge in [-0.2, -0.15) is 19.6 Å². The van der Waals surface area contributed by atoms with E-state index in [4.69, 9.17) is 0 Å². The highest BCUT2D eigenvalue weighted by Crippen LogP contribution is 2.20. The van der Waals surface area contributed by atoms with Crippen molar-refractivity contribution in [1.82, 2.24) is 19.6 Å². The van der Waals surface area contributed by atoms with Gasteiger partial charge < -0.3 is 0 Å². The van der Waals surface area contributed by atoms with Crippen molar-refractivity contribution in [2.45, 2.75) is 33.1 Å². The maximum absolute atomic E-state index is 12.6. The van der Waals surface area contributed by atoms with Crippen LogP contribution in [0.15, 0.2) is 48.8 Å². The minimum absolute atomic E-state index is 0.235. The summed E-state index contributed by atoms with van der Waals surface area (Å²) in [4.78, 5) is 12.6. The Morgan fingerprint density at radius 1 is 1.09 bits per heavy atom. The molecule has 0 saturated heterocycles. The number of carbonyl (C=O) groups excluding carboxylic acids is 1. The third kappa shape index (κ3) is 2.95. The fraction of sp³-hybridized carbons (Fsp3) is 0.278. The number of aromatic nitrogens is 4. The lowest BCUT2D eigenvalue weighted by Crippen LogP contribution is -2.23. The van der Waals surface area contributed by atoms with E-state index in [0.717, 1.165) is 36.2 Å². The summed E-state index contributed by atoms with van der Waals surface area (Å²) >= 11 is 0. The monoisotopic (exact) mass is 308 g/mol. The normalized spacial score (nSPS) is 10.9. The fourth-order valence-corrected chi connectivity index (χ4v) is 2.82. The largest absolute Gasteiger partial charge is 0.369 e. The van der Waals surface area contributed by atoms with Crippen molar-refractivity contribution in [1.29, 1.82) is 0 Å². The molecule has 3 rings (SSSR count). The molecular formula is C18H20N4O. The molecule has 118 valence electrons. The Balaban J connectivity index is 2.03. The quantitative estimate of drug-likeness (QED) is 0.743. The van der Waals surface area contributed by atoms with Crippen LogP contribution in [0, 0.1) is 0 Å². The van der Waals surface area contributed by atoms with Crippen molar-refractivity contribution in [2.75, 3.05) is 0 Å². The molecule has 5 heteroatoms. The van der Waals surface area contributed by atoms with Crippen LogP contribution in [0.2, 0.25) is 0 Å². The van der Waals surface area contributed by atoms with Gasteiger partial charge in [-0.15, -0.1) is 0 Å². The Hall–Kier alpha value is -2.69. The van der Waals surface area contributed by atoms with Gasteiger partial charge in [0.2, 0.25) is 0 Å². The Morgan fingerprint density at radius 2 is 1.87 bits per heavy atom. The molecule has 2 aromatic heterocycles. The molecule has 0 atom stereocenters. The van der Waals surface area contributed by atoms with Gasteiger partial charge in [0.25, 0.3) is 0 Å². The molecular weight excluding hydrogens is 288 g/mol. The molecule has 0 aliphatic rings. The van der Waals surface area contributed by atoms with Gasteiger partial charge in [0.05, 0.1) is 11.4 Å². The molecule has 0 amide bonds. The maximum atomic E-state index is 12.6. The highest BCUT2D eigenvalue weighted by molar-refractivity contribution is 5.78. The molecule has 2 heterocycles. The summed E-state index contributed by atoms with van der Waals surface area (Å²) in [6, 6.07) is 11.8. The van der Waals surface area contributed by atoms with E-state index >= 15 is 0 Å². The van der Waals surface area contributed by atoms with Crippen LogP contribution in [0.25, 0.3) is 0 Å². The highest BCUT2D eigenvalue weighted by Gasteiger charge is 2.21. The minimum Gasteiger partial charge on any atom is -0.244 e. The van der Waals surface area contributed by atoms with Gasteiger partial charge in [-0.25, -0.2) is 4.79 Å². The molecule has 0 saturated carbocycles. The summed E-state index contributed by atoms with van der Waals surface area (Å²) in [6.45, 7) is 4.12. The molecule has 0 radical (unpaired) electrons. The number of carbonyl (C=O) groups is 1. The summed E-state index contributed by atoms with van der Waals surface area (Å²) in [5.74, 6) is 0. The summed E-state index contributed by atoms with van der Waals surface area (Å²) in [5, 5.41) is 8.58. The summed E-state index contributed by atoms with van der Waals surface area (Å²) in [6.07, 6.45) is 5.58. The number of hydrogen-bond acceptors (Lipinski definition) is 3. The molecule has 0 spiro atoms. The molecule has 0 fully saturated rings. The first-order chi connectivity index (χ1) is 11.2. The highest BCUT2D eigenvalue weighted by atomic mass is 16.2. The van der Waals surface area contributed by atoms with E-state index < -0.39 is 0 Å². The Kier molecular flexibility index (Phi) is 4.37. The van der Waals surface area contributed by atoms with Gasteiger partial charge in [-0.05, 0) is 24.5 Å². The summed E-state index contributed by atoms with van der Waals surface area (Å²) < 4.78 is 2.82. The van der Waals surface area contributed by atoms with E-state index in [0.29, 0.717) is 0 Å². The predicted octanol–water partition coefficient (Wildman–Crippen LogP) is 3.31. The van der Waals surface area contributed by atoms with Gasteiger partial charge in [-0.3, -0.25) is 0 Å². The predicted molar refractivity (Wildman–Crippen MR) is 88.7 cm³/mol. The number of rotatable bonds is 4. The number of benzene rings is 1. The first-order valence-corrected chi connectivity index (χ1v) is 7.92. The zero-order valence-electron chi connectivity index (χ0n) is 13.4. The minimum atomic E-state index is -0.235. The number of nitrogens with zero attached hydrogens (tertiary/aromatic N) is 4. The lowest BCUT2D eigenvalue weighted by molar-refractivity contribution is 0.237. The molecule has 0 aliphatic heterocycles. The fourth-order valence-electron chi connectivity index (χ4n) is 2.82. The van der Waals surface area contributed by atoms with E-state index in [1.165, 1.54) is 14.9 Å². The second-order valence-electron chi connectivity index (χ2n) is 5.39. The van der Waals surface area contributed by atoms with Crippen molar-refractivity contribution >= 4 is 6.03 Å². The Bertz CT molecular complexity index is 788. The van der Waals surface area contributed by atoms with Crippen molar-refractivity contribution < 1.29 is 4.79 Å². The van der Waals surface area contributed by atoms with Crippen LogP contribution < -0.4 is 0 Å². The van der Waals surface area contributed by atoms with Gasteiger partial charge in [-0.1, -0.05) is 44.2 Å². The Labute approximate surface area is 135 Å². The van der Waals surface area contributed by atoms with Crippen LogP contribution in [0.3, 0.4) is 0 Å². The van der Waals surface area contributed by atoms with Crippen molar-refractivity contribution in [2.24, 2.45) is 0 Å². The van der Waals surface area contributed by atoms with Crippen molar-refractivity contribution in [3.05, 3.63) is 71.3 Å². The second kappa shape index (κ2) is 6.60. The van der Waals surface area contributed by atoms with E-state index in [2.05, 4.69) is 36.2 Å². The maximum Gasteiger partial charge on any atom is 0.369 e. The lowest BCUT2D eigenvalue weighted by Gasteiger charge is -2.07. The molecule has 0 N–H and O–H groups in total. The zero-order valence-corrected chi connectivity index (χ0v) is 13.4. The van der Waals surface area contributed by atoms with Gasteiger partial charge in [0.1, 0.15) is 0 Å². The third-order valence-electron chi connectivity index (χ3n) is 3.95. The molecule has 3 aromatic rings.